The number of halogens is 1. The van der Waals surface area contributed by atoms with Gasteiger partial charge in [0.25, 0.3) is 5.91 Å². The lowest BCUT2D eigenvalue weighted by molar-refractivity contribution is 0.0932. The maximum absolute atomic E-state index is 13.8. The fraction of sp³-hybridized carbons (Fsp3) is 0.381. The van der Waals surface area contributed by atoms with Gasteiger partial charge in [-0.3, -0.25) is 9.48 Å². The van der Waals surface area contributed by atoms with E-state index >= 15 is 0 Å². The summed E-state index contributed by atoms with van der Waals surface area (Å²) in [5.74, 6) is -0.415. The number of benzene rings is 1. The van der Waals surface area contributed by atoms with Gasteiger partial charge in [0.2, 0.25) is 0 Å². The fourth-order valence-electron chi connectivity index (χ4n) is 4.00. The molecule has 0 bridgehead atoms. The Morgan fingerprint density at radius 1 is 1.32 bits per heavy atom. The van der Waals surface area contributed by atoms with Gasteiger partial charge < -0.3 is 5.32 Å². The zero-order valence-corrected chi connectivity index (χ0v) is 16.6. The van der Waals surface area contributed by atoms with E-state index in [-0.39, 0.29) is 17.1 Å². The lowest BCUT2D eigenvalue weighted by atomic mass is 9.69. The summed E-state index contributed by atoms with van der Waals surface area (Å²) in [6, 6.07) is 6.81. The van der Waals surface area contributed by atoms with Gasteiger partial charge >= 0.3 is 0 Å². The molecule has 0 aliphatic heterocycles. The average molecular weight is 399 g/mol. The summed E-state index contributed by atoms with van der Waals surface area (Å²) in [4.78, 5) is 17.2. The molecular weight excluding hydrogens is 375 g/mol. The van der Waals surface area contributed by atoms with Crippen molar-refractivity contribution in [2.24, 2.45) is 7.05 Å². The topological polar surface area (TPSA) is 59.8 Å². The number of hydrogen-bond donors (Lipinski definition) is 1. The van der Waals surface area contributed by atoms with Crippen LogP contribution in [0.1, 0.15) is 48.2 Å². The van der Waals surface area contributed by atoms with E-state index in [4.69, 9.17) is 0 Å². The number of carbonyl (C=O) groups is 1. The minimum Gasteiger partial charge on any atom is -0.350 e. The van der Waals surface area contributed by atoms with Crippen LogP contribution in [-0.4, -0.2) is 27.2 Å². The fourth-order valence-corrected chi connectivity index (χ4v) is 4.77. The molecule has 4 rings (SSSR count). The van der Waals surface area contributed by atoms with Crippen LogP contribution in [0.15, 0.2) is 42.0 Å². The molecule has 28 heavy (non-hydrogen) atoms. The van der Waals surface area contributed by atoms with E-state index in [0.717, 1.165) is 41.8 Å². The Morgan fingerprint density at radius 3 is 2.86 bits per heavy atom. The lowest BCUT2D eigenvalue weighted by Crippen LogP contribution is -2.42. The van der Waals surface area contributed by atoms with E-state index in [2.05, 4.69) is 15.4 Å². The van der Waals surface area contributed by atoms with Gasteiger partial charge in [-0.05, 0) is 30.5 Å². The minimum absolute atomic E-state index is 0.187. The van der Waals surface area contributed by atoms with Gasteiger partial charge in [0.05, 0.1) is 6.20 Å². The van der Waals surface area contributed by atoms with Crippen molar-refractivity contribution >= 4 is 17.2 Å². The van der Waals surface area contributed by atoms with E-state index in [1.54, 1.807) is 28.4 Å². The summed E-state index contributed by atoms with van der Waals surface area (Å²) in [5, 5.41) is 9.75. The third-order valence-corrected chi connectivity index (χ3v) is 6.41. The number of rotatable bonds is 5. The molecule has 0 saturated heterocycles. The van der Waals surface area contributed by atoms with E-state index in [0.29, 0.717) is 12.2 Å². The van der Waals surface area contributed by atoms with Crippen LogP contribution in [0.25, 0.3) is 10.6 Å². The number of amides is 1. The average Bonchev–Trinajstić information content (AvgIpc) is 3.36. The van der Waals surface area contributed by atoms with Gasteiger partial charge in [0.15, 0.2) is 0 Å². The van der Waals surface area contributed by atoms with Crippen LogP contribution in [0.4, 0.5) is 4.39 Å². The van der Waals surface area contributed by atoms with Crippen molar-refractivity contribution in [1.29, 1.82) is 0 Å². The molecule has 5 nitrogen and oxygen atoms in total. The van der Waals surface area contributed by atoms with Gasteiger partial charge in [-0.15, -0.1) is 11.3 Å². The zero-order valence-electron chi connectivity index (χ0n) is 15.8. The molecule has 3 aromatic rings. The van der Waals surface area contributed by atoms with Gasteiger partial charge in [-0.1, -0.05) is 31.4 Å². The largest absolute Gasteiger partial charge is 0.350 e. The van der Waals surface area contributed by atoms with Crippen molar-refractivity contribution in [3.05, 3.63) is 59.1 Å². The summed E-state index contributed by atoms with van der Waals surface area (Å²) in [6.07, 6.45) is 8.89. The molecule has 146 valence electrons. The summed E-state index contributed by atoms with van der Waals surface area (Å²) in [7, 11) is 1.85. The second kappa shape index (κ2) is 7.83. The Morgan fingerprint density at radius 2 is 2.14 bits per heavy atom. The molecule has 1 saturated carbocycles. The van der Waals surface area contributed by atoms with Crippen LogP contribution >= 0.6 is 11.3 Å². The van der Waals surface area contributed by atoms with Crippen LogP contribution in [0, 0.1) is 5.82 Å². The van der Waals surface area contributed by atoms with Crippen LogP contribution in [0.3, 0.4) is 0 Å². The van der Waals surface area contributed by atoms with Gasteiger partial charge in [-0.2, -0.15) is 5.10 Å². The van der Waals surface area contributed by atoms with Gasteiger partial charge in [-0.25, -0.2) is 9.37 Å². The Kier molecular flexibility index (Phi) is 5.26. The van der Waals surface area contributed by atoms with Gasteiger partial charge in [0.1, 0.15) is 16.5 Å². The quantitative estimate of drug-likeness (QED) is 0.696. The number of nitrogens with zero attached hydrogens (tertiary/aromatic N) is 3. The van der Waals surface area contributed by atoms with Crippen LogP contribution in [0.2, 0.25) is 0 Å². The maximum atomic E-state index is 13.8. The van der Waals surface area contributed by atoms with E-state index in [1.807, 2.05) is 19.3 Å². The first kappa shape index (κ1) is 18.8. The van der Waals surface area contributed by atoms with Crippen molar-refractivity contribution < 1.29 is 9.18 Å². The molecule has 1 aliphatic carbocycles. The number of aromatic nitrogens is 3. The molecule has 0 unspecified atom stereocenters. The molecule has 2 aromatic heterocycles. The molecule has 1 fully saturated rings. The van der Waals surface area contributed by atoms with E-state index < -0.39 is 0 Å². The number of thiazole rings is 1. The Balaban J connectivity index is 1.50. The second-order valence-electron chi connectivity index (χ2n) is 7.47. The van der Waals surface area contributed by atoms with Crippen molar-refractivity contribution in [3.8, 4) is 10.6 Å². The first-order chi connectivity index (χ1) is 13.6. The Hall–Kier alpha value is -2.54. The van der Waals surface area contributed by atoms with Crippen molar-refractivity contribution in [2.75, 3.05) is 6.54 Å². The molecule has 1 N–H and O–H groups in total. The maximum Gasteiger partial charge on any atom is 0.270 e. The third-order valence-electron chi connectivity index (χ3n) is 5.52. The molecule has 7 heteroatoms. The lowest BCUT2D eigenvalue weighted by Gasteiger charge is -2.38. The van der Waals surface area contributed by atoms with Crippen LogP contribution < -0.4 is 5.32 Å². The summed E-state index contributed by atoms with van der Waals surface area (Å²) in [5.41, 5.74) is 2.07. The molecule has 2 heterocycles. The Bertz CT molecular complexity index is 974. The SMILES string of the molecule is Cn1cc(-c2nc(C(=O)NCC3(c4cccc(F)c4)CCCCC3)cs2)cn1. The zero-order chi connectivity index (χ0) is 19.6. The van der Waals surface area contributed by atoms with Crippen LogP contribution in [0.5, 0.6) is 0 Å². The van der Waals surface area contributed by atoms with E-state index in [1.165, 1.54) is 23.8 Å². The second-order valence-corrected chi connectivity index (χ2v) is 8.33. The third kappa shape index (κ3) is 3.85. The highest BCUT2D eigenvalue weighted by Crippen LogP contribution is 2.39. The first-order valence-electron chi connectivity index (χ1n) is 9.55. The molecular formula is C21H23FN4OS. The summed E-state index contributed by atoms with van der Waals surface area (Å²) in [6.45, 7) is 0.495. The molecule has 1 aromatic carbocycles. The number of nitrogens with one attached hydrogen (secondary N) is 1. The smallest absolute Gasteiger partial charge is 0.270 e. The summed E-state index contributed by atoms with van der Waals surface area (Å²) < 4.78 is 15.5. The number of carbonyl (C=O) groups excluding carboxylic acids is 1. The van der Waals surface area contributed by atoms with Crippen molar-refractivity contribution in [1.82, 2.24) is 20.1 Å². The monoisotopic (exact) mass is 398 g/mol. The molecule has 1 amide bonds. The molecule has 0 spiro atoms. The van der Waals surface area contributed by atoms with Gasteiger partial charge in [0, 0.05) is 36.1 Å². The highest BCUT2D eigenvalue weighted by molar-refractivity contribution is 7.13. The van der Waals surface area contributed by atoms with E-state index in [9.17, 15) is 9.18 Å². The number of hydrogen-bond acceptors (Lipinski definition) is 4. The standard InChI is InChI=1S/C21H23FN4OS/c1-26-12-15(11-24-26)20-25-18(13-28-20)19(27)23-14-21(8-3-2-4-9-21)16-6-5-7-17(22)10-16/h5-7,10-13H,2-4,8-9,14H2,1H3,(H,23,27). The number of aryl methyl sites for hydroxylation is 1. The van der Waals surface area contributed by atoms with Crippen molar-refractivity contribution in [2.45, 2.75) is 37.5 Å². The van der Waals surface area contributed by atoms with Crippen molar-refractivity contribution in [3.63, 3.8) is 0 Å². The van der Waals surface area contributed by atoms with Crippen LogP contribution in [-0.2, 0) is 12.5 Å². The Labute approximate surface area is 167 Å². The minimum atomic E-state index is -0.227. The molecule has 0 radical (unpaired) electrons. The first-order valence-corrected chi connectivity index (χ1v) is 10.4. The highest BCUT2D eigenvalue weighted by atomic mass is 32.1. The predicted molar refractivity (Wildman–Crippen MR) is 108 cm³/mol. The highest BCUT2D eigenvalue weighted by Gasteiger charge is 2.34. The summed E-state index contributed by atoms with van der Waals surface area (Å²) >= 11 is 1.43. The molecule has 0 atom stereocenters. The molecule has 1 aliphatic rings. The normalized spacial score (nSPS) is 16.1. The predicted octanol–water partition coefficient (Wildman–Crippen LogP) is 4.31.